The molecule has 1 aromatic carbocycles. The number of nitrogens with zero attached hydrogens (tertiary/aromatic N) is 1. The zero-order chi connectivity index (χ0) is 15.4. The number of rotatable bonds is 5. The SMILES string of the molecule is CCNC(Cc1cccc(F)c1Cl)c1ncc(Cl)cc1Cl. The van der Waals surface area contributed by atoms with Crippen LogP contribution in [0.5, 0.6) is 0 Å². The van der Waals surface area contributed by atoms with E-state index in [0.29, 0.717) is 27.7 Å². The molecule has 0 fully saturated rings. The van der Waals surface area contributed by atoms with Gasteiger partial charge in [-0.05, 0) is 30.7 Å². The summed E-state index contributed by atoms with van der Waals surface area (Å²) in [6.07, 6.45) is 2.03. The van der Waals surface area contributed by atoms with Crippen molar-refractivity contribution in [2.75, 3.05) is 6.54 Å². The van der Waals surface area contributed by atoms with E-state index in [2.05, 4.69) is 10.3 Å². The van der Waals surface area contributed by atoms with E-state index in [4.69, 9.17) is 34.8 Å². The molecule has 1 aromatic heterocycles. The minimum atomic E-state index is -0.431. The van der Waals surface area contributed by atoms with Gasteiger partial charge in [-0.1, -0.05) is 53.9 Å². The number of pyridine rings is 1. The molecule has 0 radical (unpaired) electrons. The fraction of sp³-hybridized carbons (Fsp3) is 0.267. The maximum atomic E-state index is 13.5. The molecule has 1 unspecified atom stereocenters. The summed E-state index contributed by atoms with van der Waals surface area (Å²) in [6, 6.07) is 6.24. The predicted molar refractivity (Wildman–Crippen MR) is 85.8 cm³/mol. The van der Waals surface area contributed by atoms with Crippen LogP contribution in [0, 0.1) is 5.82 Å². The summed E-state index contributed by atoms with van der Waals surface area (Å²) in [7, 11) is 0. The maximum absolute atomic E-state index is 13.5. The second-order valence-corrected chi connectivity index (χ2v) is 5.77. The predicted octanol–water partition coefficient (Wildman–Crippen LogP) is 5.07. The third-order valence-electron chi connectivity index (χ3n) is 3.07. The van der Waals surface area contributed by atoms with Gasteiger partial charge in [-0.25, -0.2) is 4.39 Å². The average Bonchev–Trinajstić information content (AvgIpc) is 2.43. The van der Waals surface area contributed by atoms with E-state index >= 15 is 0 Å². The molecule has 0 aliphatic heterocycles. The highest BCUT2D eigenvalue weighted by Crippen LogP contribution is 2.29. The lowest BCUT2D eigenvalue weighted by Gasteiger charge is -2.19. The van der Waals surface area contributed by atoms with E-state index in [1.165, 1.54) is 6.07 Å². The molecule has 112 valence electrons. The van der Waals surface area contributed by atoms with Crippen molar-refractivity contribution in [3.63, 3.8) is 0 Å². The van der Waals surface area contributed by atoms with Gasteiger partial charge in [0.05, 0.1) is 26.8 Å². The van der Waals surface area contributed by atoms with Gasteiger partial charge in [-0.15, -0.1) is 0 Å². The number of benzene rings is 1. The Hall–Kier alpha value is -0.870. The molecule has 21 heavy (non-hydrogen) atoms. The molecule has 1 heterocycles. The largest absolute Gasteiger partial charge is 0.309 e. The number of hydrogen-bond donors (Lipinski definition) is 1. The van der Waals surface area contributed by atoms with Crippen LogP contribution in [0.15, 0.2) is 30.5 Å². The molecule has 1 atom stereocenters. The summed E-state index contributed by atoms with van der Waals surface area (Å²) in [5.41, 5.74) is 1.37. The van der Waals surface area contributed by atoms with Crippen LogP contribution in [0.4, 0.5) is 4.39 Å². The third kappa shape index (κ3) is 4.07. The molecule has 0 amide bonds. The number of nitrogens with one attached hydrogen (secondary N) is 1. The Morgan fingerprint density at radius 2 is 2.05 bits per heavy atom. The highest BCUT2D eigenvalue weighted by molar-refractivity contribution is 6.34. The van der Waals surface area contributed by atoms with Gasteiger partial charge >= 0.3 is 0 Å². The first-order valence-electron chi connectivity index (χ1n) is 6.50. The Labute approximate surface area is 138 Å². The molecular weight excluding hydrogens is 334 g/mol. The second-order valence-electron chi connectivity index (χ2n) is 4.55. The number of likely N-dealkylation sites (N-methyl/N-ethyl adjacent to an activating group) is 1. The van der Waals surface area contributed by atoms with Crippen molar-refractivity contribution in [3.05, 3.63) is 62.6 Å². The zero-order valence-electron chi connectivity index (χ0n) is 11.3. The topological polar surface area (TPSA) is 24.9 Å². The highest BCUT2D eigenvalue weighted by atomic mass is 35.5. The molecule has 1 N–H and O–H groups in total. The Bertz CT molecular complexity index is 634. The van der Waals surface area contributed by atoms with Crippen molar-refractivity contribution in [2.24, 2.45) is 0 Å². The van der Waals surface area contributed by atoms with E-state index in [-0.39, 0.29) is 11.1 Å². The van der Waals surface area contributed by atoms with Crippen LogP contribution >= 0.6 is 34.8 Å². The quantitative estimate of drug-likeness (QED) is 0.816. The molecule has 2 rings (SSSR count). The summed E-state index contributed by atoms with van der Waals surface area (Å²) >= 11 is 18.1. The van der Waals surface area contributed by atoms with Gasteiger partial charge in [-0.3, -0.25) is 4.98 Å². The summed E-state index contributed by atoms with van der Waals surface area (Å²) < 4.78 is 13.5. The van der Waals surface area contributed by atoms with E-state index in [9.17, 15) is 4.39 Å². The molecule has 0 aliphatic carbocycles. The Kier molecular flexibility index (Phi) is 5.82. The molecule has 0 saturated carbocycles. The van der Waals surface area contributed by atoms with Gasteiger partial charge in [0.15, 0.2) is 0 Å². The van der Waals surface area contributed by atoms with Crippen LogP contribution in [0.1, 0.15) is 24.2 Å². The highest BCUT2D eigenvalue weighted by Gasteiger charge is 2.18. The number of hydrogen-bond acceptors (Lipinski definition) is 2. The normalized spacial score (nSPS) is 12.4. The molecule has 0 spiro atoms. The van der Waals surface area contributed by atoms with Crippen molar-refractivity contribution >= 4 is 34.8 Å². The lowest BCUT2D eigenvalue weighted by atomic mass is 10.0. The first kappa shape index (κ1) is 16.5. The lowest BCUT2D eigenvalue weighted by Crippen LogP contribution is -2.24. The molecular formula is C15H14Cl3FN2. The van der Waals surface area contributed by atoms with Crippen molar-refractivity contribution in [3.8, 4) is 0 Å². The van der Waals surface area contributed by atoms with Crippen LogP contribution in [0.25, 0.3) is 0 Å². The van der Waals surface area contributed by atoms with E-state index in [1.54, 1.807) is 24.4 Å². The van der Waals surface area contributed by atoms with Crippen molar-refractivity contribution in [1.82, 2.24) is 10.3 Å². The van der Waals surface area contributed by atoms with E-state index < -0.39 is 5.82 Å². The first-order chi connectivity index (χ1) is 10.0. The fourth-order valence-electron chi connectivity index (χ4n) is 2.12. The van der Waals surface area contributed by atoms with E-state index in [1.807, 2.05) is 6.92 Å². The van der Waals surface area contributed by atoms with Crippen LogP contribution < -0.4 is 5.32 Å². The maximum Gasteiger partial charge on any atom is 0.142 e. The Morgan fingerprint density at radius 1 is 1.29 bits per heavy atom. The molecule has 0 bridgehead atoms. The molecule has 0 aliphatic rings. The van der Waals surface area contributed by atoms with Crippen molar-refractivity contribution in [1.29, 1.82) is 0 Å². The summed E-state index contributed by atoms with van der Waals surface area (Å²) in [5, 5.41) is 4.36. The first-order valence-corrected chi connectivity index (χ1v) is 7.63. The minimum absolute atomic E-state index is 0.130. The molecule has 2 aromatic rings. The van der Waals surface area contributed by atoms with Crippen LogP contribution in [0.2, 0.25) is 15.1 Å². The van der Waals surface area contributed by atoms with Crippen LogP contribution in [-0.4, -0.2) is 11.5 Å². The van der Waals surface area contributed by atoms with Crippen molar-refractivity contribution in [2.45, 2.75) is 19.4 Å². The lowest BCUT2D eigenvalue weighted by molar-refractivity contribution is 0.534. The summed E-state index contributed by atoms with van der Waals surface area (Å²) in [6.45, 7) is 2.70. The molecule has 2 nitrogen and oxygen atoms in total. The Morgan fingerprint density at radius 3 is 2.71 bits per heavy atom. The van der Waals surface area contributed by atoms with Crippen LogP contribution in [-0.2, 0) is 6.42 Å². The van der Waals surface area contributed by atoms with Crippen molar-refractivity contribution < 1.29 is 4.39 Å². The number of halogens is 4. The number of aromatic nitrogens is 1. The van der Waals surface area contributed by atoms with E-state index in [0.717, 1.165) is 6.54 Å². The van der Waals surface area contributed by atoms with Gasteiger partial charge in [0.1, 0.15) is 5.82 Å². The standard InChI is InChI=1S/C15H14Cl3FN2/c1-2-20-13(15-11(17)7-10(16)8-21-15)6-9-4-3-5-12(19)14(9)18/h3-5,7-8,13,20H,2,6H2,1H3. The third-order valence-corrected chi connectivity index (χ3v) is 4.01. The molecule has 6 heteroatoms. The Balaban J connectivity index is 2.33. The van der Waals surface area contributed by atoms with Gasteiger partial charge in [0.2, 0.25) is 0 Å². The minimum Gasteiger partial charge on any atom is -0.309 e. The fourth-order valence-corrected chi connectivity index (χ4v) is 2.83. The summed E-state index contributed by atoms with van der Waals surface area (Å²) in [5.74, 6) is -0.431. The monoisotopic (exact) mass is 346 g/mol. The smallest absolute Gasteiger partial charge is 0.142 e. The van der Waals surface area contributed by atoms with Gasteiger partial charge in [0, 0.05) is 6.20 Å². The second kappa shape index (κ2) is 7.41. The zero-order valence-corrected chi connectivity index (χ0v) is 13.6. The van der Waals surface area contributed by atoms with Gasteiger partial charge in [0.25, 0.3) is 0 Å². The summed E-state index contributed by atoms with van der Waals surface area (Å²) in [4.78, 5) is 4.28. The average molecular weight is 348 g/mol. The van der Waals surface area contributed by atoms with Gasteiger partial charge in [-0.2, -0.15) is 0 Å². The van der Waals surface area contributed by atoms with Crippen LogP contribution in [0.3, 0.4) is 0 Å². The molecule has 0 saturated heterocycles. The van der Waals surface area contributed by atoms with Gasteiger partial charge < -0.3 is 5.32 Å².